The molecule has 0 aromatic rings. The highest BCUT2D eigenvalue weighted by Crippen LogP contribution is 2.24. The van der Waals surface area contributed by atoms with E-state index in [9.17, 15) is 19.8 Å². The molecule has 0 heterocycles. The first-order chi connectivity index (χ1) is 11.7. The second kappa shape index (κ2) is 13.1. The van der Waals surface area contributed by atoms with Crippen molar-refractivity contribution in [2.75, 3.05) is 0 Å². The van der Waals surface area contributed by atoms with Gasteiger partial charge in [-0.1, -0.05) is 51.5 Å². The summed E-state index contributed by atoms with van der Waals surface area (Å²) in [5, 5.41) is 28.8. The lowest BCUT2D eigenvalue weighted by molar-refractivity contribution is -0.147. The fourth-order valence-electron chi connectivity index (χ4n) is 2.52. The van der Waals surface area contributed by atoms with Crippen molar-refractivity contribution in [3.8, 4) is 0 Å². The van der Waals surface area contributed by atoms with Gasteiger partial charge in [0.1, 0.15) is 0 Å². The molecule has 25 heavy (non-hydrogen) atoms. The van der Waals surface area contributed by atoms with Crippen LogP contribution in [-0.4, -0.2) is 39.3 Å². The first-order valence-corrected chi connectivity index (χ1v) is 9.51. The quantitative estimate of drug-likeness (QED) is 0.306. The monoisotopic (exact) mass is 356 g/mol. The number of allylic oxidation sites excluding steroid dienone is 1. The van der Waals surface area contributed by atoms with Crippen molar-refractivity contribution in [2.45, 2.75) is 97.2 Å². The average Bonchev–Trinajstić information content (AvgIpc) is 2.55. The Morgan fingerprint density at radius 2 is 1.64 bits per heavy atom. The minimum Gasteiger partial charge on any atom is -0.481 e. The van der Waals surface area contributed by atoms with Gasteiger partial charge in [-0.25, -0.2) is 0 Å². The molecule has 0 spiro atoms. The lowest BCUT2D eigenvalue weighted by atomic mass is 9.87. The summed E-state index contributed by atoms with van der Waals surface area (Å²) in [6.07, 6.45) is 8.81. The number of carbonyl (C=O) groups excluding carboxylic acids is 1. The molecule has 0 fully saturated rings. The number of carbonyl (C=O) groups is 2. The molecule has 5 heteroatoms. The van der Waals surface area contributed by atoms with Gasteiger partial charge in [0.05, 0.1) is 17.6 Å². The topological polar surface area (TPSA) is 94.8 Å². The van der Waals surface area contributed by atoms with E-state index in [0.29, 0.717) is 19.3 Å². The van der Waals surface area contributed by atoms with Crippen molar-refractivity contribution >= 4 is 11.8 Å². The molecular weight excluding hydrogens is 320 g/mol. The van der Waals surface area contributed by atoms with Gasteiger partial charge in [-0.3, -0.25) is 9.59 Å². The van der Waals surface area contributed by atoms with Crippen LogP contribution in [0.15, 0.2) is 12.2 Å². The zero-order valence-corrected chi connectivity index (χ0v) is 16.0. The summed E-state index contributed by atoms with van der Waals surface area (Å²) < 4.78 is 0. The summed E-state index contributed by atoms with van der Waals surface area (Å²) in [7, 11) is 0. The van der Waals surface area contributed by atoms with Gasteiger partial charge in [0, 0.05) is 6.42 Å². The van der Waals surface area contributed by atoms with E-state index in [1.165, 1.54) is 12.2 Å². The van der Waals surface area contributed by atoms with Crippen LogP contribution in [-0.2, 0) is 9.59 Å². The molecule has 2 atom stereocenters. The Hall–Kier alpha value is -1.20. The van der Waals surface area contributed by atoms with E-state index < -0.39 is 23.6 Å². The van der Waals surface area contributed by atoms with E-state index in [1.54, 1.807) is 13.8 Å². The number of hydrogen-bond acceptors (Lipinski definition) is 4. The molecule has 0 radical (unpaired) electrons. The molecule has 3 N–H and O–H groups in total. The number of unbranched alkanes of at least 4 members (excludes halogenated alkanes) is 5. The Balaban J connectivity index is 3.85. The highest BCUT2D eigenvalue weighted by atomic mass is 16.4. The molecule has 0 amide bonds. The fourth-order valence-corrected chi connectivity index (χ4v) is 2.52. The molecule has 0 aliphatic rings. The maximum Gasteiger partial charge on any atom is 0.309 e. The summed E-state index contributed by atoms with van der Waals surface area (Å²) in [6, 6.07) is 0. The third-order valence-corrected chi connectivity index (χ3v) is 4.53. The van der Waals surface area contributed by atoms with E-state index >= 15 is 0 Å². The first kappa shape index (κ1) is 23.8. The smallest absolute Gasteiger partial charge is 0.309 e. The molecule has 0 saturated heterocycles. The highest BCUT2D eigenvalue weighted by molar-refractivity contribution is 5.89. The predicted octanol–water partition coefficient (Wildman–Crippen LogP) is 3.87. The number of carboxylic acids is 1. The SMILES string of the molecule is CCCCCC(=O)/C=C/C(O)C(O)CCCCCCC(C)(C)C(=O)O. The Morgan fingerprint density at radius 3 is 2.24 bits per heavy atom. The Bertz CT molecular complexity index is 414. The van der Waals surface area contributed by atoms with Gasteiger partial charge in [-0.2, -0.15) is 0 Å². The van der Waals surface area contributed by atoms with E-state index in [-0.39, 0.29) is 5.78 Å². The third kappa shape index (κ3) is 11.9. The first-order valence-electron chi connectivity index (χ1n) is 9.51. The van der Waals surface area contributed by atoms with Crippen LogP contribution in [0, 0.1) is 5.41 Å². The van der Waals surface area contributed by atoms with E-state index in [2.05, 4.69) is 6.92 Å². The number of carboxylic acid groups (broad SMARTS) is 1. The van der Waals surface area contributed by atoms with Gasteiger partial charge < -0.3 is 15.3 Å². The van der Waals surface area contributed by atoms with Crippen LogP contribution in [0.5, 0.6) is 0 Å². The Morgan fingerprint density at radius 1 is 1.00 bits per heavy atom. The zero-order chi connectivity index (χ0) is 19.3. The predicted molar refractivity (Wildman–Crippen MR) is 99.4 cm³/mol. The van der Waals surface area contributed by atoms with Gasteiger partial charge in [0.25, 0.3) is 0 Å². The van der Waals surface area contributed by atoms with Crippen LogP contribution in [0.4, 0.5) is 0 Å². The maximum atomic E-state index is 11.6. The standard InChI is InChI=1S/C20H36O5/c1-4-5-8-11-16(21)13-14-18(23)17(22)12-9-6-7-10-15-20(2,3)19(24)25/h13-14,17-18,22-23H,4-12,15H2,1-3H3,(H,24,25)/b14-13+. The van der Waals surface area contributed by atoms with Gasteiger partial charge in [0.15, 0.2) is 5.78 Å². The molecule has 0 aromatic carbocycles. The van der Waals surface area contributed by atoms with Crippen LogP contribution >= 0.6 is 0 Å². The van der Waals surface area contributed by atoms with E-state index in [4.69, 9.17) is 5.11 Å². The number of aliphatic hydroxyl groups is 2. The second-order valence-electron chi connectivity index (χ2n) is 7.48. The number of rotatable bonds is 15. The molecule has 2 unspecified atom stereocenters. The van der Waals surface area contributed by atoms with Crippen LogP contribution in [0.2, 0.25) is 0 Å². The minimum atomic E-state index is -1.01. The number of aliphatic hydroxyl groups excluding tert-OH is 2. The largest absolute Gasteiger partial charge is 0.481 e. The number of hydrogen-bond donors (Lipinski definition) is 3. The molecule has 0 aromatic heterocycles. The summed E-state index contributed by atoms with van der Waals surface area (Å²) in [5.74, 6) is -0.789. The lowest BCUT2D eigenvalue weighted by Crippen LogP contribution is -2.24. The van der Waals surface area contributed by atoms with Gasteiger partial charge in [0.2, 0.25) is 0 Å². The van der Waals surface area contributed by atoms with Crippen LogP contribution < -0.4 is 0 Å². The third-order valence-electron chi connectivity index (χ3n) is 4.53. The second-order valence-corrected chi connectivity index (χ2v) is 7.48. The zero-order valence-electron chi connectivity index (χ0n) is 16.0. The highest BCUT2D eigenvalue weighted by Gasteiger charge is 2.25. The summed E-state index contributed by atoms with van der Waals surface area (Å²) >= 11 is 0. The Labute approximate surface area is 152 Å². The minimum absolute atomic E-state index is 0.0132. The van der Waals surface area contributed by atoms with Crippen LogP contribution in [0.1, 0.15) is 85.0 Å². The summed E-state index contributed by atoms with van der Waals surface area (Å²) in [5.41, 5.74) is -0.690. The maximum absolute atomic E-state index is 11.6. The average molecular weight is 357 g/mol. The lowest BCUT2D eigenvalue weighted by Gasteiger charge is -2.18. The van der Waals surface area contributed by atoms with Gasteiger partial charge >= 0.3 is 5.97 Å². The van der Waals surface area contributed by atoms with Crippen molar-refractivity contribution in [3.05, 3.63) is 12.2 Å². The molecule has 5 nitrogen and oxygen atoms in total. The molecule has 0 aliphatic heterocycles. The molecule has 146 valence electrons. The van der Waals surface area contributed by atoms with Gasteiger partial charge in [-0.15, -0.1) is 0 Å². The van der Waals surface area contributed by atoms with Crippen LogP contribution in [0.3, 0.4) is 0 Å². The normalized spacial score (nSPS) is 14.6. The Kier molecular flexibility index (Phi) is 12.4. The van der Waals surface area contributed by atoms with Crippen molar-refractivity contribution in [1.82, 2.24) is 0 Å². The molecule has 0 bridgehead atoms. The molecule has 0 saturated carbocycles. The fraction of sp³-hybridized carbons (Fsp3) is 0.800. The van der Waals surface area contributed by atoms with Crippen molar-refractivity contribution in [2.24, 2.45) is 5.41 Å². The number of ketones is 1. The molecule has 0 aliphatic carbocycles. The molecular formula is C20H36O5. The van der Waals surface area contributed by atoms with Gasteiger partial charge in [-0.05, 0) is 39.2 Å². The van der Waals surface area contributed by atoms with E-state index in [1.807, 2.05) is 0 Å². The van der Waals surface area contributed by atoms with Crippen molar-refractivity contribution in [1.29, 1.82) is 0 Å². The molecule has 0 rings (SSSR count). The van der Waals surface area contributed by atoms with Crippen molar-refractivity contribution < 1.29 is 24.9 Å². The number of aliphatic carboxylic acids is 1. The van der Waals surface area contributed by atoms with Crippen molar-refractivity contribution in [3.63, 3.8) is 0 Å². The summed E-state index contributed by atoms with van der Waals surface area (Å²) in [6.45, 7) is 5.53. The summed E-state index contributed by atoms with van der Waals surface area (Å²) in [4.78, 5) is 22.6. The van der Waals surface area contributed by atoms with E-state index in [0.717, 1.165) is 44.9 Å². The van der Waals surface area contributed by atoms with Crippen LogP contribution in [0.25, 0.3) is 0 Å².